The Hall–Kier alpha value is -0.250. The summed E-state index contributed by atoms with van der Waals surface area (Å²) in [5.74, 6) is 1.11. The molecular weight excluding hydrogens is 311 g/mol. The zero-order chi connectivity index (χ0) is 11.2. The topological polar surface area (TPSA) is 9.23 Å². The average molecular weight is 328 g/mol. The molecule has 0 unspecified atom stereocenters. The molecule has 1 fully saturated rings. The van der Waals surface area contributed by atoms with Gasteiger partial charge in [-0.05, 0) is 76.9 Å². The Kier molecular flexibility index (Phi) is 2.65. The molecule has 0 atom stereocenters. The van der Waals surface area contributed by atoms with Crippen molar-refractivity contribution in [3.05, 3.63) is 26.8 Å². The zero-order valence-electron chi connectivity index (χ0n) is 9.68. The van der Waals surface area contributed by atoms with E-state index in [1.807, 2.05) is 0 Å². The highest BCUT2D eigenvalue weighted by atomic mass is 127. The van der Waals surface area contributed by atoms with Crippen LogP contribution in [0.25, 0.3) is 0 Å². The maximum atomic E-state index is 5.51. The van der Waals surface area contributed by atoms with Crippen molar-refractivity contribution in [2.75, 3.05) is 7.11 Å². The first-order chi connectivity index (χ1) is 7.77. The van der Waals surface area contributed by atoms with Crippen LogP contribution in [0, 0.1) is 3.57 Å². The average Bonchev–Trinajstić information content (AvgIpc) is 2.90. The summed E-state index contributed by atoms with van der Waals surface area (Å²) in [6.45, 7) is 0. The van der Waals surface area contributed by atoms with E-state index in [2.05, 4.69) is 34.7 Å². The minimum Gasteiger partial charge on any atom is -0.496 e. The summed E-state index contributed by atoms with van der Waals surface area (Å²) in [6.07, 6.45) is 8.17. The van der Waals surface area contributed by atoms with Gasteiger partial charge in [0.2, 0.25) is 0 Å². The van der Waals surface area contributed by atoms with Crippen LogP contribution in [0.5, 0.6) is 5.75 Å². The van der Waals surface area contributed by atoms with Crippen LogP contribution in [-0.2, 0) is 11.8 Å². The highest BCUT2D eigenvalue weighted by Gasteiger charge is 2.43. The van der Waals surface area contributed by atoms with E-state index in [9.17, 15) is 0 Å². The number of rotatable bonds is 1. The molecule has 2 aliphatic rings. The van der Waals surface area contributed by atoms with E-state index >= 15 is 0 Å². The van der Waals surface area contributed by atoms with Crippen molar-refractivity contribution in [2.45, 2.75) is 43.9 Å². The smallest absolute Gasteiger partial charge is 0.122 e. The Bertz CT molecular complexity index is 419. The second kappa shape index (κ2) is 3.90. The summed E-state index contributed by atoms with van der Waals surface area (Å²) in [7, 11) is 1.79. The predicted molar refractivity (Wildman–Crippen MR) is 74.2 cm³/mol. The van der Waals surface area contributed by atoms with Gasteiger partial charge in [-0.3, -0.25) is 0 Å². The fourth-order valence-electron chi connectivity index (χ4n) is 3.65. The summed E-state index contributed by atoms with van der Waals surface area (Å²) >= 11 is 2.50. The van der Waals surface area contributed by atoms with Crippen LogP contribution in [0.4, 0.5) is 0 Å². The fourth-order valence-corrected chi connectivity index (χ4v) is 4.73. The third kappa shape index (κ3) is 1.41. The third-order valence-electron chi connectivity index (χ3n) is 4.38. The first kappa shape index (κ1) is 10.9. The lowest BCUT2D eigenvalue weighted by Crippen LogP contribution is -2.19. The third-order valence-corrected chi connectivity index (χ3v) is 5.28. The Balaban J connectivity index is 2.17. The molecule has 16 heavy (non-hydrogen) atoms. The summed E-state index contributed by atoms with van der Waals surface area (Å²) in [5.41, 5.74) is 3.64. The molecule has 0 aliphatic heterocycles. The molecule has 1 nitrogen and oxygen atoms in total. The van der Waals surface area contributed by atoms with Gasteiger partial charge >= 0.3 is 0 Å². The molecule has 86 valence electrons. The number of halogens is 1. The van der Waals surface area contributed by atoms with Crippen LogP contribution in [0.1, 0.15) is 43.2 Å². The molecule has 1 aromatic carbocycles. The van der Waals surface area contributed by atoms with E-state index in [-0.39, 0.29) is 0 Å². The number of hydrogen-bond acceptors (Lipinski definition) is 1. The van der Waals surface area contributed by atoms with Crippen molar-refractivity contribution in [1.82, 2.24) is 0 Å². The molecule has 0 amide bonds. The van der Waals surface area contributed by atoms with Crippen molar-refractivity contribution in [1.29, 1.82) is 0 Å². The van der Waals surface area contributed by atoms with E-state index in [0.717, 1.165) is 5.75 Å². The summed E-state index contributed by atoms with van der Waals surface area (Å²) in [4.78, 5) is 0. The van der Waals surface area contributed by atoms with Crippen molar-refractivity contribution < 1.29 is 4.74 Å². The molecule has 0 bridgehead atoms. The molecule has 1 saturated carbocycles. The van der Waals surface area contributed by atoms with Gasteiger partial charge in [0.25, 0.3) is 0 Å². The maximum Gasteiger partial charge on any atom is 0.122 e. The molecular formula is C14H17IO. The standard InChI is InChI=1S/C14H17IO/c1-16-12-5-4-11(15)13-10(12)6-9-14(13)7-2-3-8-14/h4-5H,2-3,6-9H2,1H3. The summed E-state index contributed by atoms with van der Waals surface area (Å²) in [5, 5.41) is 0. The van der Waals surface area contributed by atoms with Crippen LogP contribution in [0.2, 0.25) is 0 Å². The van der Waals surface area contributed by atoms with E-state index < -0.39 is 0 Å². The van der Waals surface area contributed by atoms with Gasteiger partial charge < -0.3 is 4.74 Å². The molecule has 0 saturated heterocycles. The molecule has 2 heteroatoms. The normalized spacial score (nSPS) is 21.4. The first-order valence-corrected chi connectivity index (χ1v) is 7.21. The molecule has 2 aliphatic carbocycles. The van der Waals surface area contributed by atoms with Gasteiger partial charge in [0.1, 0.15) is 5.75 Å². The second-order valence-corrected chi connectivity index (χ2v) is 6.25. The number of ether oxygens (including phenoxy) is 1. The van der Waals surface area contributed by atoms with Gasteiger partial charge in [-0.25, -0.2) is 0 Å². The molecule has 0 aromatic heterocycles. The van der Waals surface area contributed by atoms with Crippen LogP contribution >= 0.6 is 22.6 Å². The zero-order valence-corrected chi connectivity index (χ0v) is 11.8. The van der Waals surface area contributed by atoms with Gasteiger partial charge in [-0.2, -0.15) is 0 Å². The fraction of sp³-hybridized carbons (Fsp3) is 0.571. The highest BCUT2D eigenvalue weighted by molar-refractivity contribution is 14.1. The monoisotopic (exact) mass is 328 g/mol. The molecule has 0 radical (unpaired) electrons. The van der Waals surface area contributed by atoms with Crippen molar-refractivity contribution in [3.8, 4) is 5.75 Å². The Morgan fingerprint density at radius 3 is 2.62 bits per heavy atom. The van der Waals surface area contributed by atoms with Crippen LogP contribution < -0.4 is 4.74 Å². The van der Waals surface area contributed by atoms with Crippen molar-refractivity contribution in [2.24, 2.45) is 0 Å². The maximum absolute atomic E-state index is 5.51. The highest BCUT2D eigenvalue weighted by Crippen LogP contribution is 2.53. The van der Waals surface area contributed by atoms with Crippen LogP contribution in [-0.4, -0.2) is 7.11 Å². The molecule has 1 aromatic rings. The SMILES string of the molecule is COc1ccc(I)c2c1CCC21CCCC1. The summed E-state index contributed by atoms with van der Waals surface area (Å²) in [6, 6.07) is 4.36. The van der Waals surface area contributed by atoms with Gasteiger partial charge in [-0.15, -0.1) is 0 Å². The second-order valence-electron chi connectivity index (χ2n) is 5.09. The largest absolute Gasteiger partial charge is 0.496 e. The van der Waals surface area contributed by atoms with E-state index in [0.29, 0.717) is 5.41 Å². The minimum absolute atomic E-state index is 0.514. The van der Waals surface area contributed by atoms with Crippen LogP contribution in [0.3, 0.4) is 0 Å². The minimum atomic E-state index is 0.514. The molecule has 1 spiro atoms. The van der Waals surface area contributed by atoms with E-state index in [1.54, 1.807) is 12.7 Å². The lowest BCUT2D eigenvalue weighted by Gasteiger charge is -2.25. The predicted octanol–water partition coefficient (Wildman–Crippen LogP) is 4.06. The Morgan fingerprint density at radius 1 is 1.19 bits per heavy atom. The van der Waals surface area contributed by atoms with Gasteiger partial charge in [-0.1, -0.05) is 12.8 Å². The summed E-state index contributed by atoms with van der Waals surface area (Å²) < 4.78 is 6.96. The lowest BCUT2D eigenvalue weighted by molar-refractivity contribution is 0.410. The van der Waals surface area contributed by atoms with Gasteiger partial charge in [0, 0.05) is 3.57 Å². The van der Waals surface area contributed by atoms with Gasteiger partial charge in [0.15, 0.2) is 0 Å². The number of fused-ring (bicyclic) bond motifs is 2. The number of hydrogen-bond donors (Lipinski definition) is 0. The number of methoxy groups -OCH3 is 1. The molecule has 0 N–H and O–H groups in total. The quantitative estimate of drug-likeness (QED) is 0.707. The molecule has 3 rings (SSSR count). The number of benzene rings is 1. The van der Waals surface area contributed by atoms with Crippen LogP contribution in [0.15, 0.2) is 12.1 Å². The van der Waals surface area contributed by atoms with Crippen molar-refractivity contribution in [3.63, 3.8) is 0 Å². The first-order valence-electron chi connectivity index (χ1n) is 6.13. The van der Waals surface area contributed by atoms with Crippen molar-refractivity contribution >= 4 is 22.6 Å². The van der Waals surface area contributed by atoms with E-state index in [4.69, 9.17) is 4.74 Å². The Morgan fingerprint density at radius 2 is 1.94 bits per heavy atom. The van der Waals surface area contributed by atoms with Gasteiger partial charge in [0.05, 0.1) is 7.11 Å². The Labute approximate surface area is 111 Å². The molecule has 0 heterocycles. The lowest BCUT2D eigenvalue weighted by atomic mass is 9.80. The van der Waals surface area contributed by atoms with E-state index in [1.165, 1.54) is 47.7 Å².